The molecule has 5 rings (SSSR count). The molecule has 0 aliphatic carbocycles. The number of esters is 1. The topological polar surface area (TPSA) is 83.5 Å². The number of aliphatic hydroxyl groups is 1. The molecule has 0 saturated carbocycles. The molecule has 0 aromatic heterocycles. The molecule has 2 fully saturated rings. The summed E-state index contributed by atoms with van der Waals surface area (Å²) < 4.78 is 29.7. The summed E-state index contributed by atoms with van der Waals surface area (Å²) in [4.78, 5) is 12.8. The second-order valence-corrected chi connectivity index (χ2v) is 8.24. The van der Waals surface area contributed by atoms with Crippen LogP contribution >= 0.6 is 0 Å². The zero-order valence-electron chi connectivity index (χ0n) is 18.4. The Morgan fingerprint density at radius 2 is 1.53 bits per heavy atom. The maximum Gasteiger partial charge on any atom is 0.338 e. The Kier molecular flexibility index (Phi) is 6.99. The molecular weight excluding hydrogens is 436 g/mol. The molecule has 0 amide bonds. The molecule has 0 spiro atoms. The van der Waals surface area contributed by atoms with Gasteiger partial charge in [0.05, 0.1) is 18.8 Å². The molecule has 1 N–H and O–H groups in total. The molecule has 3 aromatic carbocycles. The predicted octanol–water partition coefficient (Wildman–Crippen LogP) is 3.63. The molecule has 2 heterocycles. The third-order valence-electron chi connectivity index (χ3n) is 5.89. The van der Waals surface area contributed by atoms with Crippen LogP contribution in [0, 0.1) is 0 Å². The average Bonchev–Trinajstić information content (AvgIpc) is 2.90. The van der Waals surface area contributed by atoms with Gasteiger partial charge in [-0.15, -0.1) is 0 Å². The highest BCUT2D eigenvalue weighted by Gasteiger charge is 2.51. The lowest BCUT2D eigenvalue weighted by molar-refractivity contribution is -0.362. The minimum absolute atomic E-state index is 0.200. The van der Waals surface area contributed by atoms with Crippen LogP contribution in [0.15, 0.2) is 91.0 Å². The smallest absolute Gasteiger partial charge is 0.338 e. The second kappa shape index (κ2) is 10.5. The van der Waals surface area contributed by atoms with Crippen LogP contribution in [0.3, 0.4) is 0 Å². The zero-order valence-corrected chi connectivity index (χ0v) is 18.4. The van der Waals surface area contributed by atoms with E-state index in [2.05, 4.69) is 0 Å². The normalized spacial score (nSPS) is 28.6. The Morgan fingerprint density at radius 1 is 0.882 bits per heavy atom. The quantitative estimate of drug-likeness (QED) is 0.560. The molecule has 0 bridgehead atoms. The SMILES string of the molecule is O=C(O[C@H]1[C@@H](OCc2ccccc2)O[C@@H]2COC(c3ccccc3)O[C@@H]2[C@@H]1O)c1ccccc1. The Balaban J connectivity index is 1.35. The summed E-state index contributed by atoms with van der Waals surface area (Å²) in [6, 6.07) is 27.6. The average molecular weight is 462 g/mol. The summed E-state index contributed by atoms with van der Waals surface area (Å²) in [6.07, 6.45) is -5.27. The van der Waals surface area contributed by atoms with Gasteiger partial charge in [0.15, 0.2) is 18.7 Å². The van der Waals surface area contributed by atoms with Crippen LogP contribution in [0.25, 0.3) is 0 Å². The Labute approximate surface area is 197 Å². The molecular formula is C27H26O7. The lowest BCUT2D eigenvalue weighted by Crippen LogP contribution is -2.63. The van der Waals surface area contributed by atoms with E-state index in [0.29, 0.717) is 5.56 Å². The van der Waals surface area contributed by atoms with Crippen molar-refractivity contribution >= 4 is 5.97 Å². The second-order valence-electron chi connectivity index (χ2n) is 8.24. The van der Waals surface area contributed by atoms with E-state index in [-0.39, 0.29) is 13.2 Å². The number of hydrogen-bond donors (Lipinski definition) is 1. The van der Waals surface area contributed by atoms with Crippen LogP contribution in [0.1, 0.15) is 27.8 Å². The fourth-order valence-electron chi connectivity index (χ4n) is 4.12. The summed E-state index contributed by atoms with van der Waals surface area (Å²) in [5, 5.41) is 11.3. The highest BCUT2D eigenvalue weighted by atomic mass is 16.8. The summed E-state index contributed by atoms with van der Waals surface area (Å²) >= 11 is 0. The van der Waals surface area contributed by atoms with Crippen molar-refractivity contribution in [1.82, 2.24) is 0 Å². The molecule has 3 aromatic rings. The first-order valence-electron chi connectivity index (χ1n) is 11.3. The molecule has 1 unspecified atom stereocenters. The van der Waals surface area contributed by atoms with Gasteiger partial charge in [0.2, 0.25) is 0 Å². The molecule has 34 heavy (non-hydrogen) atoms. The van der Waals surface area contributed by atoms with Crippen molar-refractivity contribution in [3.63, 3.8) is 0 Å². The van der Waals surface area contributed by atoms with Gasteiger partial charge < -0.3 is 28.8 Å². The summed E-state index contributed by atoms with van der Waals surface area (Å²) in [5.41, 5.74) is 2.12. The van der Waals surface area contributed by atoms with E-state index in [4.69, 9.17) is 23.7 Å². The third-order valence-corrected chi connectivity index (χ3v) is 5.89. The highest BCUT2D eigenvalue weighted by molar-refractivity contribution is 5.89. The van der Waals surface area contributed by atoms with Crippen LogP contribution in [-0.2, 0) is 30.3 Å². The molecule has 2 saturated heterocycles. The van der Waals surface area contributed by atoms with Crippen LogP contribution in [0.5, 0.6) is 0 Å². The molecule has 6 atom stereocenters. The van der Waals surface area contributed by atoms with E-state index in [1.54, 1.807) is 24.3 Å². The van der Waals surface area contributed by atoms with Gasteiger partial charge in [-0.25, -0.2) is 4.79 Å². The van der Waals surface area contributed by atoms with Crippen molar-refractivity contribution in [3.05, 3.63) is 108 Å². The Hall–Kier alpha value is -3.07. The van der Waals surface area contributed by atoms with Gasteiger partial charge in [0.1, 0.15) is 18.3 Å². The van der Waals surface area contributed by atoms with Gasteiger partial charge in [-0.3, -0.25) is 0 Å². The fourth-order valence-corrected chi connectivity index (χ4v) is 4.12. The van der Waals surface area contributed by atoms with Crippen LogP contribution in [-0.4, -0.2) is 48.4 Å². The monoisotopic (exact) mass is 462 g/mol. The lowest BCUT2D eigenvalue weighted by atomic mass is 9.97. The predicted molar refractivity (Wildman–Crippen MR) is 122 cm³/mol. The third kappa shape index (κ3) is 5.04. The number of fused-ring (bicyclic) bond motifs is 1. The van der Waals surface area contributed by atoms with E-state index in [9.17, 15) is 9.90 Å². The Bertz CT molecular complexity index is 1060. The minimum Gasteiger partial charge on any atom is -0.450 e. The van der Waals surface area contributed by atoms with Gasteiger partial charge in [0.25, 0.3) is 0 Å². The highest BCUT2D eigenvalue weighted by Crippen LogP contribution is 2.35. The fraction of sp³-hybridized carbons (Fsp3) is 0.296. The first-order chi connectivity index (χ1) is 16.7. The molecule has 7 heteroatoms. The van der Waals surface area contributed by atoms with Gasteiger partial charge in [-0.05, 0) is 17.7 Å². The molecule has 7 nitrogen and oxygen atoms in total. The standard InChI is InChI=1S/C27H26O7/c28-22-23-21(17-31-26(34-23)20-14-8-3-9-15-20)32-27(30-16-18-10-4-1-5-11-18)24(22)33-25(29)19-12-6-2-7-13-19/h1-15,21-24,26-28H,16-17H2/t21-,22+,23+,24-,26?,27+/m1/s1. The van der Waals surface area contributed by atoms with Crippen molar-refractivity contribution in [2.24, 2.45) is 0 Å². The number of carbonyl (C=O) groups is 1. The minimum atomic E-state index is -1.18. The maximum absolute atomic E-state index is 12.8. The van der Waals surface area contributed by atoms with E-state index >= 15 is 0 Å². The van der Waals surface area contributed by atoms with Crippen molar-refractivity contribution in [2.75, 3.05) is 6.61 Å². The number of ether oxygens (including phenoxy) is 5. The van der Waals surface area contributed by atoms with Gasteiger partial charge in [-0.2, -0.15) is 0 Å². The first-order valence-corrected chi connectivity index (χ1v) is 11.3. The number of aliphatic hydroxyl groups excluding tert-OH is 1. The number of hydrogen-bond acceptors (Lipinski definition) is 7. The maximum atomic E-state index is 12.8. The van der Waals surface area contributed by atoms with Crippen LogP contribution in [0.2, 0.25) is 0 Å². The number of benzene rings is 3. The van der Waals surface area contributed by atoms with Crippen molar-refractivity contribution < 1.29 is 33.6 Å². The van der Waals surface area contributed by atoms with Crippen LogP contribution in [0.4, 0.5) is 0 Å². The van der Waals surface area contributed by atoms with Gasteiger partial charge in [-0.1, -0.05) is 78.9 Å². The number of carbonyl (C=O) groups excluding carboxylic acids is 1. The van der Waals surface area contributed by atoms with Gasteiger partial charge >= 0.3 is 5.97 Å². The van der Waals surface area contributed by atoms with Crippen molar-refractivity contribution in [3.8, 4) is 0 Å². The Morgan fingerprint density at radius 3 is 2.24 bits per heavy atom. The van der Waals surface area contributed by atoms with Crippen molar-refractivity contribution in [2.45, 2.75) is 43.6 Å². The van der Waals surface area contributed by atoms with E-state index in [0.717, 1.165) is 11.1 Å². The largest absolute Gasteiger partial charge is 0.450 e. The van der Waals surface area contributed by atoms with Crippen molar-refractivity contribution in [1.29, 1.82) is 0 Å². The zero-order chi connectivity index (χ0) is 23.3. The molecule has 2 aliphatic rings. The first kappa shape index (κ1) is 22.7. The number of rotatable bonds is 6. The summed E-state index contributed by atoms with van der Waals surface area (Å²) in [5.74, 6) is -0.577. The lowest BCUT2D eigenvalue weighted by Gasteiger charge is -2.47. The molecule has 176 valence electrons. The summed E-state index contributed by atoms with van der Waals surface area (Å²) in [7, 11) is 0. The van der Waals surface area contributed by atoms with E-state index in [1.807, 2.05) is 66.7 Å². The van der Waals surface area contributed by atoms with E-state index in [1.165, 1.54) is 0 Å². The van der Waals surface area contributed by atoms with E-state index < -0.39 is 43.0 Å². The summed E-state index contributed by atoms with van der Waals surface area (Å²) in [6.45, 7) is 0.426. The molecule has 2 aliphatic heterocycles. The van der Waals surface area contributed by atoms with Gasteiger partial charge in [0, 0.05) is 5.56 Å². The molecule has 0 radical (unpaired) electrons. The van der Waals surface area contributed by atoms with Crippen LogP contribution < -0.4 is 0 Å².